The number of aryl methyl sites for hydroxylation is 1. The third kappa shape index (κ3) is 5.08. The van der Waals surface area contributed by atoms with Crippen molar-refractivity contribution in [1.82, 2.24) is 15.6 Å². The van der Waals surface area contributed by atoms with E-state index >= 15 is 0 Å². The summed E-state index contributed by atoms with van der Waals surface area (Å²) in [6.07, 6.45) is 2.70. The molecule has 140 valence electrons. The average Bonchev–Trinajstić information content (AvgIpc) is 2.68. The molecule has 1 aromatic heterocycles. The fourth-order valence-corrected chi connectivity index (χ4v) is 2.97. The van der Waals surface area contributed by atoms with Gasteiger partial charge in [-0.2, -0.15) is 0 Å². The number of halogens is 1. The van der Waals surface area contributed by atoms with Gasteiger partial charge in [0.2, 0.25) is 0 Å². The van der Waals surface area contributed by atoms with E-state index in [4.69, 9.17) is 16.3 Å². The van der Waals surface area contributed by atoms with Gasteiger partial charge in [0.05, 0.1) is 0 Å². The third-order valence-corrected chi connectivity index (χ3v) is 4.40. The predicted octanol–water partition coefficient (Wildman–Crippen LogP) is 2.88. The summed E-state index contributed by atoms with van der Waals surface area (Å²) in [5.41, 5.74) is 1.87. The first-order valence-corrected chi connectivity index (χ1v) is 9.03. The van der Waals surface area contributed by atoms with E-state index in [1.165, 1.54) is 0 Å². The van der Waals surface area contributed by atoms with Crippen LogP contribution in [-0.2, 0) is 11.2 Å². The highest BCUT2D eigenvalue weighted by molar-refractivity contribution is 6.30. The molecule has 7 heteroatoms. The van der Waals surface area contributed by atoms with Crippen LogP contribution in [0, 0.1) is 0 Å². The minimum Gasteiger partial charge on any atom is -0.480 e. The number of rotatable bonds is 6. The molecule has 2 N–H and O–H groups in total. The predicted molar refractivity (Wildman–Crippen MR) is 103 cm³/mol. The van der Waals surface area contributed by atoms with Crippen LogP contribution in [0.15, 0.2) is 54.9 Å². The number of fused-ring (bicyclic) bond motifs is 1. The van der Waals surface area contributed by atoms with Gasteiger partial charge in [0.15, 0.2) is 6.10 Å². The first-order valence-electron chi connectivity index (χ1n) is 8.66. The van der Waals surface area contributed by atoms with Gasteiger partial charge in [0.1, 0.15) is 11.4 Å². The van der Waals surface area contributed by atoms with Gasteiger partial charge in [-0.3, -0.25) is 14.6 Å². The van der Waals surface area contributed by atoms with Gasteiger partial charge in [-0.15, -0.1) is 0 Å². The Morgan fingerprint density at radius 3 is 2.93 bits per heavy atom. The molecule has 1 atom stereocenters. The number of ether oxygens (including phenoxy) is 1. The zero-order chi connectivity index (χ0) is 19.2. The number of nitrogens with zero attached hydrogens (tertiary/aromatic N) is 1. The van der Waals surface area contributed by atoms with Crippen LogP contribution in [0.4, 0.5) is 0 Å². The lowest BCUT2D eigenvalue weighted by atomic mass is 10.0. The number of aromatic nitrogens is 1. The molecule has 0 spiro atoms. The van der Waals surface area contributed by atoms with Crippen molar-refractivity contribution in [1.29, 1.82) is 0 Å². The van der Waals surface area contributed by atoms with Crippen LogP contribution < -0.4 is 15.4 Å². The van der Waals surface area contributed by atoms with E-state index in [0.29, 0.717) is 41.5 Å². The van der Waals surface area contributed by atoms with Crippen molar-refractivity contribution in [3.63, 3.8) is 0 Å². The molecule has 1 aliphatic rings. The van der Waals surface area contributed by atoms with E-state index in [2.05, 4.69) is 22.2 Å². The lowest BCUT2D eigenvalue weighted by Gasteiger charge is -2.25. The Hall–Kier alpha value is -2.86. The Morgan fingerprint density at radius 1 is 1.30 bits per heavy atom. The molecule has 0 radical (unpaired) electrons. The van der Waals surface area contributed by atoms with Crippen molar-refractivity contribution in [2.75, 3.05) is 6.54 Å². The van der Waals surface area contributed by atoms with Gasteiger partial charge < -0.3 is 15.4 Å². The van der Waals surface area contributed by atoms with E-state index in [0.717, 1.165) is 12.0 Å². The number of benzene rings is 1. The number of nitrogens with one attached hydrogen (secondary N) is 2. The minimum atomic E-state index is -0.571. The largest absolute Gasteiger partial charge is 0.480 e. The molecule has 0 aliphatic carbocycles. The zero-order valence-electron chi connectivity index (χ0n) is 14.7. The van der Waals surface area contributed by atoms with E-state index < -0.39 is 6.10 Å². The monoisotopic (exact) mass is 385 g/mol. The number of carbonyl (C=O) groups excluding carboxylic acids is 2. The Balaban J connectivity index is 1.43. The summed E-state index contributed by atoms with van der Waals surface area (Å²) >= 11 is 5.97. The molecule has 0 fully saturated rings. The smallest absolute Gasteiger partial charge is 0.269 e. The van der Waals surface area contributed by atoms with Crippen molar-refractivity contribution in [3.05, 3.63) is 71.2 Å². The van der Waals surface area contributed by atoms with Gasteiger partial charge in [-0.05, 0) is 48.7 Å². The molecule has 1 aliphatic heterocycles. The molecule has 27 heavy (non-hydrogen) atoms. The fourth-order valence-electron chi connectivity index (χ4n) is 2.77. The topological polar surface area (TPSA) is 80.3 Å². The van der Waals surface area contributed by atoms with Crippen molar-refractivity contribution < 1.29 is 14.3 Å². The Morgan fingerprint density at radius 2 is 2.15 bits per heavy atom. The number of hydrogen-bond donors (Lipinski definition) is 2. The fraction of sp³-hybridized carbons (Fsp3) is 0.250. The van der Waals surface area contributed by atoms with Gasteiger partial charge >= 0.3 is 0 Å². The van der Waals surface area contributed by atoms with Crippen molar-refractivity contribution in [2.24, 2.45) is 0 Å². The first kappa shape index (κ1) is 18.9. The molecular formula is C20H20ClN3O3. The number of carbonyl (C=O) groups is 2. The molecule has 0 saturated heterocycles. The minimum absolute atomic E-state index is 0.239. The van der Waals surface area contributed by atoms with Crippen molar-refractivity contribution in [2.45, 2.75) is 25.4 Å². The Bertz CT molecular complexity index is 855. The van der Waals surface area contributed by atoms with Crippen LogP contribution >= 0.6 is 11.6 Å². The van der Waals surface area contributed by atoms with E-state index in [1.54, 1.807) is 36.5 Å². The molecule has 3 rings (SSSR count). The van der Waals surface area contributed by atoms with E-state index in [9.17, 15) is 9.59 Å². The highest BCUT2D eigenvalue weighted by Gasteiger charge is 2.26. The highest BCUT2D eigenvalue weighted by Crippen LogP contribution is 2.30. The van der Waals surface area contributed by atoms with Gasteiger partial charge in [-0.25, -0.2) is 0 Å². The second-order valence-electron chi connectivity index (χ2n) is 6.21. The molecule has 2 aromatic rings. The molecule has 2 heterocycles. The summed E-state index contributed by atoms with van der Waals surface area (Å²) in [7, 11) is 0. The Labute approximate surface area is 162 Å². The number of pyridine rings is 1. The summed E-state index contributed by atoms with van der Waals surface area (Å²) in [5.74, 6) is 0.177. The molecular weight excluding hydrogens is 366 g/mol. The van der Waals surface area contributed by atoms with Gasteiger partial charge in [0, 0.05) is 29.9 Å². The quantitative estimate of drug-likeness (QED) is 0.801. The standard InChI is InChI=1S/C20H20ClN3O3/c1-13(9-11-23-19(25)16-4-2-3-10-22-16)24-20(26)18-7-5-14-12-15(21)6-8-17(14)27-18/h2-4,6,8,10,12,18H,1,5,7,9,11H2,(H,23,25)(H,24,26)/t18-/m1/s1. The first-order chi connectivity index (χ1) is 13.0. The highest BCUT2D eigenvalue weighted by atomic mass is 35.5. The van der Waals surface area contributed by atoms with Gasteiger partial charge in [-0.1, -0.05) is 24.2 Å². The van der Waals surface area contributed by atoms with Crippen LogP contribution in [0.3, 0.4) is 0 Å². The van der Waals surface area contributed by atoms with Crippen LogP contribution in [-0.4, -0.2) is 29.4 Å². The molecule has 6 nitrogen and oxygen atoms in total. The number of amides is 2. The molecule has 1 aromatic carbocycles. The average molecular weight is 386 g/mol. The second-order valence-corrected chi connectivity index (χ2v) is 6.65. The molecule has 0 bridgehead atoms. The van der Waals surface area contributed by atoms with Crippen molar-refractivity contribution >= 4 is 23.4 Å². The van der Waals surface area contributed by atoms with E-state index in [1.807, 2.05) is 6.07 Å². The summed E-state index contributed by atoms with van der Waals surface area (Å²) < 4.78 is 5.76. The summed E-state index contributed by atoms with van der Waals surface area (Å²) in [6.45, 7) is 4.19. The van der Waals surface area contributed by atoms with Crippen LogP contribution in [0.1, 0.15) is 28.9 Å². The van der Waals surface area contributed by atoms with Crippen LogP contribution in [0.5, 0.6) is 5.75 Å². The third-order valence-electron chi connectivity index (χ3n) is 4.17. The molecule has 0 unspecified atom stereocenters. The summed E-state index contributed by atoms with van der Waals surface area (Å²) in [5, 5.41) is 6.15. The summed E-state index contributed by atoms with van der Waals surface area (Å²) in [6, 6.07) is 10.5. The molecule has 0 saturated carbocycles. The van der Waals surface area contributed by atoms with Crippen LogP contribution in [0.2, 0.25) is 5.02 Å². The molecule has 2 amide bonds. The maximum absolute atomic E-state index is 12.4. The number of hydrogen-bond acceptors (Lipinski definition) is 4. The maximum Gasteiger partial charge on any atom is 0.269 e. The lowest BCUT2D eigenvalue weighted by Crippen LogP contribution is -2.40. The Kier molecular flexibility index (Phi) is 6.08. The normalized spacial score (nSPS) is 15.2. The second kappa shape index (κ2) is 8.68. The summed E-state index contributed by atoms with van der Waals surface area (Å²) in [4.78, 5) is 28.3. The van der Waals surface area contributed by atoms with Gasteiger partial charge in [0.25, 0.3) is 11.8 Å². The SMILES string of the molecule is C=C(CCNC(=O)c1ccccn1)NC(=O)[C@H]1CCc2cc(Cl)ccc2O1. The van der Waals surface area contributed by atoms with Crippen molar-refractivity contribution in [3.8, 4) is 5.75 Å². The maximum atomic E-state index is 12.4. The zero-order valence-corrected chi connectivity index (χ0v) is 15.5. The van der Waals surface area contributed by atoms with Crippen LogP contribution in [0.25, 0.3) is 0 Å². The van der Waals surface area contributed by atoms with E-state index in [-0.39, 0.29) is 11.8 Å². The lowest BCUT2D eigenvalue weighted by molar-refractivity contribution is -0.127.